The molecule has 0 fully saturated rings. The largest absolute Gasteiger partial charge is 0.481 e. The average Bonchev–Trinajstić information content (AvgIpc) is 2.89. The minimum absolute atomic E-state index is 0.183. The van der Waals surface area contributed by atoms with Crippen molar-refractivity contribution in [2.75, 3.05) is 19.5 Å². The molecule has 2 aromatic carbocycles. The van der Waals surface area contributed by atoms with E-state index in [1.54, 1.807) is 25.6 Å². The Bertz CT molecular complexity index is 1480. The maximum atomic E-state index is 12.8. The van der Waals surface area contributed by atoms with Crippen LogP contribution in [0.25, 0.3) is 44.4 Å². The van der Waals surface area contributed by atoms with Crippen LogP contribution in [0.5, 0.6) is 5.88 Å². The number of aromatic amines is 1. The van der Waals surface area contributed by atoms with Gasteiger partial charge in [-0.05, 0) is 29.8 Å². The molecule has 0 aliphatic carbocycles. The zero-order chi connectivity index (χ0) is 22.8. The number of aromatic nitrogens is 3. The number of pyridine rings is 3. The third-order valence-corrected chi connectivity index (χ3v) is 5.66. The van der Waals surface area contributed by atoms with Crippen LogP contribution in [0.2, 0.25) is 0 Å². The van der Waals surface area contributed by atoms with E-state index >= 15 is 0 Å². The minimum atomic E-state index is -0.183. The Balaban J connectivity index is 1.80. The Hall–Kier alpha value is -4.45. The van der Waals surface area contributed by atoms with E-state index in [2.05, 4.69) is 15.3 Å². The van der Waals surface area contributed by atoms with Gasteiger partial charge in [-0.15, -0.1) is 0 Å². The number of H-pyrrole nitrogens is 1. The summed E-state index contributed by atoms with van der Waals surface area (Å²) in [5.41, 5.74) is 6.77. The smallest absolute Gasteiger partial charge is 0.257 e. The van der Waals surface area contributed by atoms with E-state index in [1.807, 2.05) is 73.8 Å². The zero-order valence-corrected chi connectivity index (χ0v) is 18.3. The molecule has 162 valence electrons. The Labute approximate surface area is 190 Å². The molecule has 0 bridgehead atoms. The predicted octanol–water partition coefficient (Wildman–Crippen LogP) is 5.37. The molecule has 2 N–H and O–H groups in total. The molecule has 0 amide bonds. The minimum Gasteiger partial charge on any atom is -0.481 e. The summed E-state index contributed by atoms with van der Waals surface area (Å²) in [5, 5.41) is 3.67. The molecule has 0 saturated heterocycles. The summed E-state index contributed by atoms with van der Waals surface area (Å²) < 4.78 is 5.18. The molecule has 6 heteroatoms. The number of rotatable bonds is 5. The monoisotopic (exact) mass is 434 g/mol. The van der Waals surface area contributed by atoms with E-state index in [4.69, 9.17) is 9.72 Å². The number of ether oxygens (including phenoxy) is 1. The standard InChI is InChI=1S/C27H22N4O2/c1-28-20-11-8-18(9-12-20)25-21(17-6-4-3-5-7-17)14-22-26(31-25)23(16-30-27(22)32)19-10-13-24(33-2)29-15-19/h3-16,28H,1-2H3,(H,30,32). The molecule has 5 rings (SSSR count). The second kappa shape index (κ2) is 8.59. The molecule has 0 unspecified atom stereocenters. The highest BCUT2D eigenvalue weighted by Crippen LogP contribution is 2.35. The van der Waals surface area contributed by atoms with Crippen molar-refractivity contribution < 1.29 is 4.74 Å². The van der Waals surface area contributed by atoms with Crippen molar-refractivity contribution in [1.82, 2.24) is 15.0 Å². The van der Waals surface area contributed by atoms with E-state index in [0.29, 0.717) is 16.8 Å². The van der Waals surface area contributed by atoms with Crippen molar-refractivity contribution in [1.29, 1.82) is 0 Å². The van der Waals surface area contributed by atoms with Gasteiger partial charge in [-0.1, -0.05) is 42.5 Å². The van der Waals surface area contributed by atoms with Gasteiger partial charge in [0, 0.05) is 53.4 Å². The van der Waals surface area contributed by atoms with Gasteiger partial charge >= 0.3 is 0 Å². The summed E-state index contributed by atoms with van der Waals surface area (Å²) in [4.78, 5) is 25.1. The summed E-state index contributed by atoms with van der Waals surface area (Å²) in [6.07, 6.45) is 3.41. The average molecular weight is 434 g/mol. The number of fused-ring (bicyclic) bond motifs is 1. The topological polar surface area (TPSA) is 79.9 Å². The molecule has 0 aliphatic rings. The molecule has 3 heterocycles. The molecule has 0 aliphatic heterocycles. The molecule has 33 heavy (non-hydrogen) atoms. The summed E-state index contributed by atoms with van der Waals surface area (Å²) in [6.45, 7) is 0. The Morgan fingerprint density at radius 3 is 2.30 bits per heavy atom. The van der Waals surface area contributed by atoms with E-state index in [0.717, 1.165) is 39.2 Å². The van der Waals surface area contributed by atoms with Crippen molar-refractivity contribution in [3.63, 3.8) is 0 Å². The van der Waals surface area contributed by atoms with Crippen molar-refractivity contribution in [2.24, 2.45) is 0 Å². The summed E-state index contributed by atoms with van der Waals surface area (Å²) >= 11 is 0. The van der Waals surface area contributed by atoms with Gasteiger partial charge in [0.25, 0.3) is 5.56 Å². The number of nitrogens with zero attached hydrogens (tertiary/aromatic N) is 2. The first-order chi connectivity index (χ1) is 16.2. The van der Waals surface area contributed by atoms with Gasteiger partial charge in [0.2, 0.25) is 5.88 Å². The van der Waals surface area contributed by atoms with E-state index in [-0.39, 0.29) is 5.56 Å². The highest BCUT2D eigenvalue weighted by Gasteiger charge is 2.16. The first-order valence-electron chi connectivity index (χ1n) is 10.6. The number of hydrogen-bond acceptors (Lipinski definition) is 5. The van der Waals surface area contributed by atoms with E-state index < -0.39 is 0 Å². The highest BCUT2D eigenvalue weighted by atomic mass is 16.5. The first-order valence-corrected chi connectivity index (χ1v) is 10.6. The first kappa shape index (κ1) is 20.5. The third-order valence-electron chi connectivity index (χ3n) is 5.66. The highest BCUT2D eigenvalue weighted by molar-refractivity contribution is 5.98. The molecule has 3 aromatic heterocycles. The lowest BCUT2D eigenvalue weighted by Crippen LogP contribution is -2.08. The predicted molar refractivity (Wildman–Crippen MR) is 133 cm³/mol. The maximum absolute atomic E-state index is 12.8. The summed E-state index contributed by atoms with van der Waals surface area (Å²) in [5.74, 6) is 0.525. The molecule has 6 nitrogen and oxygen atoms in total. The van der Waals surface area contributed by atoms with Gasteiger partial charge in [-0.3, -0.25) is 4.79 Å². The quantitative estimate of drug-likeness (QED) is 0.389. The lowest BCUT2D eigenvalue weighted by atomic mass is 9.96. The van der Waals surface area contributed by atoms with E-state index in [9.17, 15) is 4.79 Å². The number of nitrogens with one attached hydrogen (secondary N) is 2. The normalized spacial score (nSPS) is 10.8. The van der Waals surface area contributed by atoms with Crippen LogP contribution < -0.4 is 15.6 Å². The van der Waals surface area contributed by atoms with Crippen LogP contribution >= 0.6 is 0 Å². The van der Waals surface area contributed by atoms with Crippen molar-refractivity contribution in [2.45, 2.75) is 0 Å². The maximum Gasteiger partial charge on any atom is 0.257 e. The van der Waals surface area contributed by atoms with E-state index in [1.165, 1.54) is 0 Å². The van der Waals surface area contributed by atoms with Crippen LogP contribution in [0, 0.1) is 0 Å². The second-order valence-corrected chi connectivity index (χ2v) is 7.59. The molecular formula is C27H22N4O2. The van der Waals surface area contributed by atoms with Crippen LogP contribution in [0.15, 0.2) is 90.0 Å². The summed E-state index contributed by atoms with van der Waals surface area (Å²) in [6, 6.07) is 23.7. The van der Waals surface area contributed by atoms with Gasteiger partial charge in [0.15, 0.2) is 0 Å². The number of benzene rings is 2. The van der Waals surface area contributed by atoms with Crippen LogP contribution in [-0.4, -0.2) is 29.1 Å². The fourth-order valence-corrected chi connectivity index (χ4v) is 3.91. The van der Waals surface area contributed by atoms with Crippen LogP contribution in [0.4, 0.5) is 5.69 Å². The van der Waals surface area contributed by atoms with Gasteiger partial charge in [-0.25, -0.2) is 9.97 Å². The fourth-order valence-electron chi connectivity index (χ4n) is 3.91. The Morgan fingerprint density at radius 2 is 1.64 bits per heavy atom. The lowest BCUT2D eigenvalue weighted by molar-refractivity contribution is 0.398. The molecule has 5 aromatic rings. The van der Waals surface area contributed by atoms with Crippen LogP contribution in [-0.2, 0) is 0 Å². The molecule has 0 saturated carbocycles. The Kier molecular flexibility index (Phi) is 5.32. The molecule has 0 atom stereocenters. The van der Waals surface area contributed by atoms with Gasteiger partial charge in [0.05, 0.1) is 23.7 Å². The van der Waals surface area contributed by atoms with Crippen LogP contribution in [0.3, 0.4) is 0 Å². The van der Waals surface area contributed by atoms with Crippen molar-refractivity contribution in [3.8, 4) is 39.4 Å². The van der Waals surface area contributed by atoms with Gasteiger partial charge < -0.3 is 15.0 Å². The van der Waals surface area contributed by atoms with Gasteiger partial charge in [-0.2, -0.15) is 0 Å². The van der Waals surface area contributed by atoms with Gasteiger partial charge in [0.1, 0.15) is 0 Å². The SMILES string of the molecule is CNc1ccc(-c2nc3c(-c4ccc(OC)nc4)c[nH]c(=O)c3cc2-c2ccccc2)cc1. The molecule has 0 radical (unpaired) electrons. The lowest BCUT2D eigenvalue weighted by Gasteiger charge is -2.14. The van der Waals surface area contributed by atoms with Crippen molar-refractivity contribution >= 4 is 16.6 Å². The third kappa shape index (κ3) is 3.83. The fraction of sp³-hybridized carbons (Fsp3) is 0.0741. The van der Waals surface area contributed by atoms with Crippen LogP contribution in [0.1, 0.15) is 0 Å². The number of methoxy groups -OCH3 is 1. The zero-order valence-electron chi connectivity index (χ0n) is 18.3. The van der Waals surface area contributed by atoms with Crippen molar-refractivity contribution in [3.05, 3.63) is 95.5 Å². The molecule has 0 spiro atoms. The molecular weight excluding hydrogens is 412 g/mol. The summed E-state index contributed by atoms with van der Waals surface area (Å²) in [7, 11) is 3.47. The number of hydrogen-bond donors (Lipinski definition) is 2. The Morgan fingerprint density at radius 1 is 0.879 bits per heavy atom. The number of anilines is 1. The second-order valence-electron chi connectivity index (χ2n) is 7.59.